The second kappa shape index (κ2) is 7.33. The standard InChI is InChI=1S/C12H20ClN3O/c1-4-9-17-11-5-7-14-12(15-11)16(3)8-6-10(2)13/h5,7,10H,4,6,8-9H2,1-3H3. The van der Waals surface area contributed by atoms with Gasteiger partial charge in [0.05, 0.1) is 6.61 Å². The third-order valence-corrected chi connectivity index (χ3v) is 2.49. The van der Waals surface area contributed by atoms with E-state index in [4.69, 9.17) is 16.3 Å². The van der Waals surface area contributed by atoms with Crippen LogP contribution in [0, 0.1) is 0 Å². The molecule has 0 saturated heterocycles. The van der Waals surface area contributed by atoms with Crippen molar-refractivity contribution in [2.75, 3.05) is 25.1 Å². The van der Waals surface area contributed by atoms with Gasteiger partial charge in [-0.25, -0.2) is 4.98 Å². The van der Waals surface area contributed by atoms with E-state index in [1.807, 2.05) is 18.9 Å². The highest BCUT2D eigenvalue weighted by Gasteiger charge is 2.07. The van der Waals surface area contributed by atoms with E-state index in [1.165, 1.54) is 0 Å². The first-order chi connectivity index (χ1) is 8.13. The number of rotatable bonds is 7. The number of anilines is 1. The van der Waals surface area contributed by atoms with Crippen molar-refractivity contribution in [3.63, 3.8) is 0 Å². The minimum absolute atomic E-state index is 0.164. The van der Waals surface area contributed by atoms with Gasteiger partial charge in [-0.15, -0.1) is 11.6 Å². The van der Waals surface area contributed by atoms with E-state index in [9.17, 15) is 0 Å². The molecule has 0 aliphatic carbocycles. The Morgan fingerprint density at radius 3 is 2.94 bits per heavy atom. The molecule has 0 fully saturated rings. The lowest BCUT2D eigenvalue weighted by Gasteiger charge is -2.17. The fourth-order valence-electron chi connectivity index (χ4n) is 1.27. The van der Waals surface area contributed by atoms with E-state index < -0.39 is 0 Å². The Hall–Kier alpha value is -1.03. The molecule has 5 heteroatoms. The summed E-state index contributed by atoms with van der Waals surface area (Å²) in [5.41, 5.74) is 0. The Labute approximate surface area is 108 Å². The van der Waals surface area contributed by atoms with Crippen LogP contribution >= 0.6 is 11.6 Å². The van der Waals surface area contributed by atoms with Crippen molar-refractivity contribution < 1.29 is 4.74 Å². The number of hydrogen-bond donors (Lipinski definition) is 0. The molecule has 0 radical (unpaired) electrons. The fourth-order valence-corrected chi connectivity index (χ4v) is 1.37. The van der Waals surface area contributed by atoms with Gasteiger partial charge in [-0.3, -0.25) is 0 Å². The van der Waals surface area contributed by atoms with Gasteiger partial charge < -0.3 is 9.64 Å². The van der Waals surface area contributed by atoms with Crippen LogP contribution in [0.2, 0.25) is 0 Å². The van der Waals surface area contributed by atoms with E-state index >= 15 is 0 Å². The molecule has 1 atom stereocenters. The highest BCUT2D eigenvalue weighted by Crippen LogP contribution is 2.12. The summed E-state index contributed by atoms with van der Waals surface area (Å²) in [5.74, 6) is 1.30. The zero-order chi connectivity index (χ0) is 12.7. The summed E-state index contributed by atoms with van der Waals surface area (Å²) in [7, 11) is 1.96. The van der Waals surface area contributed by atoms with Gasteiger partial charge >= 0.3 is 0 Å². The summed E-state index contributed by atoms with van der Waals surface area (Å²) in [6.07, 6.45) is 3.59. The van der Waals surface area contributed by atoms with Gasteiger partial charge in [-0.2, -0.15) is 4.98 Å². The second-order valence-corrected chi connectivity index (χ2v) is 4.78. The van der Waals surface area contributed by atoms with Gasteiger partial charge in [-0.05, 0) is 19.8 Å². The van der Waals surface area contributed by atoms with Crippen molar-refractivity contribution in [3.8, 4) is 5.88 Å². The van der Waals surface area contributed by atoms with Gasteiger partial charge in [0.25, 0.3) is 0 Å². The Balaban J connectivity index is 2.57. The molecule has 0 aliphatic heterocycles. The minimum Gasteiger partial charge on any atom is -0.478 e. The quantitative estimate of drug-likeness (QED) is 0.704. The topological polar surface area (TPSA) is 38.2 Å². The fraction of sp³-hybridized carbons (Fsp3) is 0.667. The van der Waals surface area contributed by atoms with Gasteiger partial charge in [0, 0.05) is 31.2 Å². The molecule has 17 heavy (non-hydrogen) atoms. The molecule has 4 nitrogen and oxygen atoms in total. The first-order valence-electron chi connectivity index (χ1n) is 5.94. The first-order valence-corrected chi connectivity index (χ1v) is 6.38. The Morgan fingerprint density at radius 2 is 2.29 bits per heavy atom. The predicted octanol–water partition coefficient (Wildman–Crippen LogP) is 2.72. The number of halogens is 1. The van der Waals surface area contributed by atoms with E-state index in [0.29, 0.717) is 18.4 Å². The van der Waals surface area contributed by atoms with Gasteiger partial charge in [-0.1, -0.05) is 6.92 Å². The zero-order valence-electron chi connectivity index (χ0n) is 10.7. The van der Waals surface area contributed by atoms with Gasteiger partial charge in [0.1, 0.15) is 0 Å². The Bertz CT molecular complexity index is 333. The Morgan fingerprint density at radius 1 is 1.53 bits per heavy atom. The van der Waals surface area contributed by atoms with E-state index in [-0.39, 0.29) is 5.38 Å². The van der Waals surface area contributed by atoms with Crippen LogP contribution in [0.4, 0.5) is 5.95 Å². The maximum atomic E-state index is 5.92. The van der Waals surface area contributed by atoms with Gasteiger partial charge in [0.2, 0.25) is 11.8 Å². The summed E-state index contributed by atoms with van der Waals surface area (Å²) in [6.45, 7) is 5.56. The highest BCUT2D eigenvalue weighted by molar-refractivity contribution is 6.20. The van der Waals surface area contributed by atoms with E-state index in [1.54, 1.807) is 12.3 Å². The summed E-state index contributed by atoms with van der Waals surface area (Å²) < 4.78 is 5.47. The normalized spacial score (nSPS) is 12.2. The van der Waals surface area contributed by atoms with Crippen molar-refractivity contribution in [1.82, 2.24) is 9.97 Å². The van der Waals surface area contributed by atoms with Crippen molar-refractivity contribution in [3.05, 3.63) is 12.3 Å². The summed E-state index contributed by atoms with van der Waals surface area (Å²) in [4.78, 5) is 10.5. The molecule has 1 heterocycles. The van der Waals surface area contributed by atoms with Crippen molar-refractivity contribution >= 4 is 17.5 Å². The predicted molar refractivity (Wildman–Crippen MR) is 71.0 cm³/mol. The largest absolute Gasteiger partial charge is 0.478 e. The summed E-state index contributed by atoms with van der Waals surface area (Å²) >= 11 is 5.92. The SMILES string of the molecule is CCCOc1ccnc(N(C)CCC(C)Cl)n1. The van der Waals surface area contributed by atoms with E-state index in [2.05, 4.69) is 16.9 Å². The van der Waals surface area contributed by atoms with Crippen LogP contribution in [0.1, 0.15) is 26.7 Å². The van der Waals surface area contributed by atoms with Crippen LogP contribution in [-0.2, 0) is 0 Å². The molecule has 1 unspecified atom stereocenters. The monoisotopic (exact) mass is 257 g/mol. The average molecular weight is 258 g/mol. The van der Waals surface area contributed by atoms with Crippen LogP contribution in [0.15, 0.2) is 12.3 Å². The lowest BCUT2D eigenvalue weighted by atomic mass is 10.3. The number of nitrogens with zero attached hydrogens (tertiary/aromatic N) is 3. The molecule has 0 bridgehead atoms. The molecule has 1 aromatic heterocycles. The molecule has 0 spiro atoms. The second-order valence-electron chi connectivity index (χ2n) is 4.03. The summed E-state index contributed by atoms with van der Waals surface area (Å²) in [5, 5.41) is 0.164. The molecular weight excluding hydrogens is 238 g/mol. The first kappa shape index (κ1) is 14.0. The Kier molecular flexibility index (Phi) is 6.05. The maximum Gasteiger partial charge on any atom is 0.228 e. The number of ether oxygens (including phenoxy) is 1. The number of hydrogen-bond acceptors (Lipinski definition) is 4. The third-order valence-electron chi connectivity index (χ3n) is 2.28. The molecule has 0 saturated carbocycles. The number of aromatic nitrogens is 2. The average Bonchev–Trinajstić information content (AvgIpc) is 2.33. The number of alkyl halides is 1. The van der Waals surface area contributed by atoms with E-state index in [0.717, 1.165) is 19.4 Å². The molecule has 0 aromatic carbocycles. The smallest absolute Gasteiger partial charge is 0.228 e. The molecular formula is C12H20ClN3O. The summed E-state index contributed by atoms with van der Waals surface area (Å²) in [6, 6.07) is 1.77. The molecule has 0 aliphatic rings. The van der Waals surface area contributed by atoms with Crippen LogP contribution in [0.5, 0.6) is 5.88 Å². The molecule has 0 amide bonds. The third kappa shape index (κ3) is 5.22. The van der Waals surface area contributed by atoms with Crippen molar-refractivity contribution in [2.24, 2.45) is 0 Å². The molecule has 1 rings (SSSR count). The molecule has 1 aromatic rings. The van der Waals surface area contributed by atoms with Crippen molar-refractivity contribution in [2.45, 2.75) is 32.1 Å². The lowest BCUT2D eigenvalue weighted by Crippen LogP contribution is -2.22. The highest BCUT2D eigenvalue weighted by atomic mass is 35.5. The van der Waals surface area contributed by atoms with Gasteiger partial charge in [0.15, 0.2) is 0 Å². The lowest BCUT2D eigenvalue weighted by molar-refractivity contribution is 0.305. The molecule has 96 valence electrons. The van der Waals surface area contributed by atoms with Crippen LogP contribution in [0.25, 0.3) is 0 Å². The minimum atomic E-state index is 0.164. The van der Waals surface area contributed by atoms with Crippen molar-refractivity contribution in [1.29, 1.82) is 0 Å². The van der Waals surface area contributed by atoms with Crippen LogP contribution in [0.3, 0.4) is 0 Å². The van der Waals surface area contributed by atoms with Crippen LogP contribution < -0.4 is 9.64 Å². The zero-order valence-corrected chi connectivity index (χ0v) is 11.4. The maximum absolute atomic E-state index is 5.92. The van der Waals surface area contributed by atoms with Crippen LogP contribution in [-0.4, -0.2) is 35.5 Å². The molecule has 0 N–H and O–H groups in total.